The van der Waals surface area contributed by atoms with Crippen LogP contribution in [0.5, 0.6) is 0 Å². The van der Waals surface area contributed by atoms with E-state index in [1.807, 2.05) is 0 Å². The van der Waals surface area contributed by atoms with Gasteiger partial charge in [0.2, 0.25) is 12.3 Å². The van der Waals surface area contributed by atoms with Crippen molar-refractivity contribution in [1.29, 1.82) is 0 Å². The van der Waals surface area contributed by atoms with Crippen molar-refractivity contribution in [1.82, 2.24) is 15.5 Å². The number of nitrogens with one attached hydrogen (secondary N) is 1. The average molecular weight is 291 g/mol. The number of hydrogen-bond acceptors (Lipinski definition) is 5. The molecule has 1 aromatic heterocycles. The van der Waals surface area contributed by atoms with Crippen molar-refractivity contribution in [2.75, 3.05) is 13.2 Å². The van der Waals surface area contributed by atoms with Gasteiger partial charge in [0.25, 0.3) is 0 Å². The van der Waals surface area contributed by atoms with E-state index in [-0.39, 0.29) is 11.8 Å². The Bertz CT molecular complexity index is 516. The molecule has 6 heteroatoms. The summed E-state index contributed by atoms with van der Waals surface area (Å²) in [7, 11) is 0. The maximum atomic E-state index is 12.7. The highest BCUT2D eigenvalue weighted by Crippen LogP contribution is 2.63. The van der Waals surface area contributed by atoms with Crippen LogP contribution in [0.25, 0.3) is 0 Å². The van der Waals surface area contributed by atoms with Crippen molar-refractivity contribution in [2.24, 2.45) is 11.3 Å². The molecule has 114 valence electrons. The molecule has 1 spiro atoms. The van der Waals surface area contributed by atoms with E-state index in [1.54, 1.807) is 0 Å². The number of ether oxygens (including phenoxy) is 1. The van der Waals surface area contributed by atoms with Crippen molar-refractivity contribution < 1.29 is 14.1 Å². The Labute approximate surface area is 123 Å². The SMILES string of the molecule is O=C(NC1(c2ncon2)CCOCC1)C1CC12CCCC2. The molecule has 1 N–H and O–H groups in total. The van der Waals surface area contributed by atoms with Crippen LogP contribution in [0.2, 0.25) is 0 Å². The lowest BCUT2D eigenvalue weighted by Crippen LogP contribution is -2.51. The lowest BCUT2D eigenvalue weighted by molar-refractivity contribution is -0.126. The van der Waals surface area contributed by atoms with E-state index in [1.165, 1.54) is 32.1 Å². The molecule has 2 saturated carbocycles. The Morgan fingerprint density at radius 2 is 2.00 bits per heavy atom. The summed E-state index contributed by atoms with van der Waals surface area (Å²) in [6, 6.07) is 0. The van der Waals surface area contributed by atoms with Crippen LogP contribution in [0.1, 0.15) is 50.8 Å². The van der Waals surface area contributed by atoms with E-state index in [0.29, 0.717) is 37.3 Å². The minimum absolute atomic E-state index is 0.170. The predicted octanol–water partition coefficient (Wildman–Crippen LogP) is 1.77. The normalized spacial score (nSPS) is 29.4. The van der Waals surface area contributed by atoms with E-state index in [0.717, 1.165) is 6.42 Å². The number of nitrogens with zero attached hydrogens (tertiary/aromatic N) is 2. The minimum atomic E-state index is -0.509. The fourth-order valence-electron chi connectivity index (χ4n) is 4.18. The van der Waals surface area contributed by atoms with Crippen molar-refractivity contribution in [3.63, 3.8) is 0 Å². The first kappa shape index (κ1) is 13.2. The molecular formula is C15H21N3O3. The monoisotopic (exact) mass is 291 g/mol. The van der Waals surface area contributed by atoms with Gasteiger partial charge < -0.3 is 14.6 Å². The summed E-state index contributed by atoms with van der Waals surface area (Å²) in [4.78, 5) is 16.9. The van der Waals surface area contributed by atoms with E-state index in [2.05, 4.69) is 15.5 Å². The molecule has 0 bridgehead atoms. The molecule has 3 aliphatic rings. The Balaban J connectivity index is 1.51. The second kappa shape index (κ2) is 4.80. The molecule has 0 aromatic carbocycles. The van der Waals surface area contributed by atoms with E-state index < -0.39 is 5.54 Å². The van der Waals surface area contributed by atoms with Crippen LogP contribution in [-0.2, 0) is 15.1 Å². The molecule has 1 amide bonds. The van der Waals surface area contributed by atoms with Crippen LogP contribution >= 0.6 is 0 Å². The predicted molar refractivity (Wildman–Crippen MR) is 73.2 cm³/mol. The Hall–Kier alpha value is -1.43. The molecule has 2 heterocycles. The number of rotatable bonds is 3. The molecule has 3 fully saturated rings. The molecule has 0 radical (unpaired) electrons. The molecule has 1 saturated heterocycles. The van der Waals surface area contributed by atoms with Gasteiger partial charge in [0.05, 0.1) is 0 Å². The molecular weight excluding hydrogens is 270 g/mol. The van der Waals surface area contributed by atoms with E-state index >= 15 is 0 Å². The van der Waals surface area contributed by atoms with Crippen molar-refractivity contribution >= 4 is 5.91 Å². The zero-order valence-corrected chi connectivity index (χ0v) is 12.1. The lowest BCUT2D eigenvalue weighted by atomic mass is 9.88. The van der Waals surface area contributed by atoms with Crippen molar-refractivity contribution in [3.05, 3.63) is 12.2 Å². The van der Waals surface area contributed by atoms with Gasteiger partial charge in [-0.15, -0.1) is 0 Å². The van der Waals surface area contributed by atoms with Gasteiger partial charge in [0.1, 0.15) is 5.54 Å². The Kier molecular flexibility index (Phi) is 3.03. The third kappa shape index (κ3) is 2.16. The Morgan fingerprint density at radius 3 is 2.67 bits per heavy atom. The number of amides is 1. The second-order valence-electron chi connectivity index (χ2n) is 6.76. The summed E-state index contributed by atoms with van der Waals surface area (Å²) < 4.78 is 10.3. The maximum Gasteiger partial charge on any atom is 0.224 e. The van der Waals surface area contributed by atoms with Gasteiger partial charge >= 0.3 is 0 Å². The number of carbonyl (C=O) groups excluding carboxylic acids is 1. The summed E-state index contributed by atoms with van der Waals surface area (Å²) in [5.74, 6) is 0.940. The summed E-state index contributed by atoms with van der Waals surface area (Å²) in [6.45, 7) is 1.23. The molecule has 1 aliphatic heterocycles. The molecule has 6 nitrogen and oxygen atoms in total. The Morgan fingerprint density at radius 1 is 1.24 bits per heavy atom. The summed E-state index contributed by atoms with van der Waals surface area (Å²) in [5, 5.41) is 7.22. The van der Waals surface area contributed by atoms with E-state index in [4.69, 9.17) is 9.26 Å². The highest BCUT2D eigenvalue weighted by Gasteiger charge is 2.59. The first-order valence-electron chi connectivity index (χ1n) is 7.91. The van der Waals surface area contributed by atoms with Crippen LogP contribution in [0.3, 0.4) is 0 Å². The average Bonchev–Trinajstić information content (AvgIpc) is 2.89. The minimum Gasteiger partial charge on any atom is -0.381 e. The fraction of sp³-hybridized carbons (Fsp3) is 0.800. The summed E-state index contributed by atoms with van der Waals surface area (Å²) in [5.41, 5.74) is -0.196. The van der Waals surface area contributed by atoms with Crippen LogP contribution in [0.4, 0.5) is 0 Å². The van der Waals surface area contributed by atoms with E-state index in [9.17, 15) is 4.79 Å². The van der Waals surface area contributed by atoms with Crippen molar-refractivity contribution in [2.45, 2.75) is 50.5 Å². The fourth-order valence-corrected chi connectivity index (χ4v) is 4.18. The van der Waals surface area contributed by atoms with Gasteiger partial charge in [-0.05, 0) is 24.7 Å². The standard InChI is InChI=1S/C15H21N3O3/c19-12(11-9-14(11)3-1-2-4-14)17-15(5-7-20-8-6-15)13-16-10-21-18-13/h10-11H,1-9H2,(H,17,19). The highest BCUT2D eigenvalue weighted by atomic mass is 16.5. The first-order chi connectivity index (χ1) is 10.2. The van der Waals surface area contributed by atoms with Gasteiger partial charge in [-0.25, -0.2) is 0 Å². The van der Waals surface area contributed by atoms with Gasteiger partial charge in [0, 0.05) is 32.0 Å². The third-order valence-electron chi connectivity index (χ3n) is 5.60. The number of aromatic nitrogens is 2. The summed E-state index contributed by atoms with van der Waals surface area (Å²) in [6.07, 6.45) is 8.76. The van der Waals surface area contributed by atoms with Crippen LogP contribution in [-0.4, -0.2) is 29.3 Å². The van der Waals surface area contributed by atoms with Gasteiger partial charge in [-0.1, -0.05) is 18.0 Å². The largest absolute Gasteiger partial charge is 0.381 e. The van der Waals surface area contributed by atoms with Crippen LogP contribution in [0, 0.1) is 11.3 Å². The molecule has 1 aromatic rings. The van der Waals surface area contributed by atoms with Crippen LogP contribution < -0.4 is 5.32 Å². The zero-order valence-electron chi connectivity index (χ0n) is 12.1. The lowest BCUT2D eigenvalue weighted by Gasteiger charge is -2.35. The smallest absolute Gasteiger partial charge is 0.224 e. The molecule has 2 aliphatic carbocycles. The first-order valence-corrected chi connectivity index (χ1v) is 7.91. The second-order valence-corrected chi connectivity index (χ2v) is 6.76. The molecule has 21 heavy (non-hydrogen) atoms. The zero-order chi connectivity index (χ0) is 14.3. The van der Waals surface area contributed by atoms with Gasteiger partial charge in [0.15, 0.2) is 5.82 Å². The molecule has 1 atom stereocenters. The van der Waals surface area contributed by atoms with Crippen molar-refractivity contribution in [3.8, 4) is 0 Å². The number of hydrogen-bond donors (Lipinski definition) is 1. The topological polar surface area (TPSA) is 77.3 Å². The third-order valence-corrected chi connectivity index (χ3v) is 5.60. The van der Waals surface area contributed by atoms with Gasteiger partial charge in [-0.3, -0.25) is 4.79 Å². The number of carbonyl (C=O) groups is 1. The highest BCUT2D eigenvalue weighted by molar-refractivity contribution is 5.83. The summed E-state index contributed by atoms with van der Waals surface area (Å²) >= 11 is 0. The van der Waals surface area contributed by atoms with Crippen LogP contribution in [0.15, 0.2) is 10.9 Å². The molecule has 4 rings (SSSR count). The molecule has 1 unspecified atom stereocenters. The van der Waals surface area contributed by atoms with Gasteiger partial charge in [-0.2, -0.15) is 4.98 Å². The maximum absolute atomic E-state index is 12.7. The quantitative estimate of drug-likeness (QED) is 0.918.